The largest absolute Gasteiger partial charge is 0.497 e. The van der Waals surface area contributed by atoms with Gasteiger partial charge in [0.15, 0.2) is 0 Å². The van der Waals surface area contributed by atoms with E-state index in [-0.39, 0.29) is 0 Å². The lowest BCUT2D eigenvalue weighted by molar-refractivity contribution is 0.415. The van der Waals surface area contributed by atoms with Crippen LogP contribution in [0.5, 0.6) is 5.75 Å². The highest BCUT2D eigenvalue weighted by Gasteiger charge is 2.15. The van der Waals surface area contributed by atoms with Gasteiger partial charge in [-0.15, -0.1) is 0 Å². The fourth-order valence-corrected chi connectivity index (χ4v) is 2.96. The molecule has 4 aromatic rings. The van der Waals surface area contributed by atoms with Crippen LogP contribution in [0.4, 0.5) is 0 Å². The number of imidazole rings is 1. The van der Waals surface area contributed by atoms with Gasteiger partial charge in [-0.2, -0.15) is 0 Å². The topological polar surface area (TPSA) is 26.5 Å². The van der Waals surface area contributed by atoms with Crippen LogP contribution in [-0.4, -0.2) is 16.5 Å². The van der Waals surface area contributed by atoms with Crippen LogP contribution in [0.1, 0.15) is 0 Å². The number of aromatic nitrogens is 2. The van der Waals surface area contributed by atoms with Gasteiger partial charge in [-0.1, -0.05) is 29.8 Å². The van der Waals surface area contributed by atoms with E-state index < -0.39 is 0 Å². The van der Waals surface area contributed by atoms with Crippen LogP contribution in [0.2, 0.25) is 5.02 Å². The van der Waals surface area contributed by atoms with Crippen molar-refractivity contribution in [3.05, 3.63) is 77.9 Å². The predicted molar refractivity (Wildman–Crippen MR) is 97.6 cm³/mol. The van der Waals surface area contributed by atoms with Gasteiger partial charge in [-0.3, -0.25) is 4.40 Å². The van der Waals surface area contributed by atoms with Gasteiger partial charge in [-0.25, -0.2) is 4.98 Å². The smallest absolute Gasteiger partial charge is 0.137 e. The number of methoxy groups -OCH3 is 1. The normalized spacial score (nSPS) is 10.9. The number of ether oxygens (including phenoxy) is 1. The molecule has 0 bridgehead atoms. The molecule has 0 aliphatic rings. The molecule has 0 saturated heterocycles. The van der Waals surface area contributed by atoms with Crippen LogP contribution in [0.25, 0.3) is 28.2 Å². The third-order valence-corrected chi connectivity index (χ3v) is 4.26. The third-order valence-electron chi connectivity index (χ3n) is 4.01. The van der Waals surface area contributed by atoms with Crippen molar-refractivity contribution in [1.82, 2.24) is 9.38 Å². The van der Waals surface area contributed by atoms with Crippen LogP contribution >= 0.6 is 11.6 Å². The molecule has 4 rings (SSSR count). The van der Waals surface area contributed by atoms with Crippen molar-refractivity contribution in [3.8, 4) is 28.3 Å². The average Bonchev–Trinajstić information content (AvgIpc) is 3.02. The van der Waals surface area contributed by atoms with Crippen LogP contribution in [0.3, 0.4) is 0 Å². The van der Waals surface area contributed by atoms with Crippen molar-refractivity contribution in [2.45, 2.75) is 0 Å². The maximum absolute atomic E-state index is 6.03. The van der Waals surface area contributed by atoms with Gasteiger partial charge < -0.3 is 4.74 Å². The van der Waals surface area contributed by atoms with Gasteiger partial charge in [-0.05, 0) is 48.5 Å². The summed E-state index contributed by atoms with van der Waals surface area (Å²) in [5, 5.41) is 0.716. The highest BCUT2D eigenvalue weighted by molar-refractivity contribution is 6.30. The first-order chi connectivity index (χ1) is 11.8. The Morgan fingerprint density at radius 1 is 0.875 bits per heavy atom. The van der Waals surface area contributed by atoms with Gasteiger partial charge >= 0.3 is 0 Å². The molecule has 4 heteroatoms. The molecule has 2 heterocycles. The molecule has 0 aliphatic heterocycles. The molecule has 118 valence electrons. The van der Waals surface area contributed by atoms with Crippen LogP contribution < -0.4 is 4.74 Å². The van der Waals surface area contributed by atoms with Crippen molar-refractivity contribution < 1.29 is 4.74 Å². The predicted octanol–water partition coefficient (Wildman–Crippen LogP) is 5.33. The Balaban J connectivity index is 1.97. The van der Waals surface area contributed by atoms with Gasteiger partial charge in [0.1, 0.15) is 11.4 Å². The summed E-state index contributed by atoms with van der Waals surface area (Å²) in [7, 11) is 1.67. The molecular formula is C20H15ClN2O. The van der Waals surface area contributed by atoms with Crippen molar-refractivity contribution in [2.75, 3.05) is 7.11 Å². The Kier molecular flexibility index (Phi) is 3.71. The minimum Gasteiger partial charge on any atom is -0.497 e. The molecule has 0 unspecified atom stereocenters. The molecule has 2 aromatic heterocycles. The Morgan fingerprint density at radius 3 is 2.29 bits per heavy atom. The Labute approximate surface area is 145 Å². The summed E-state index contributed by atoms with van der Waals surface area (Å²) in [4.78, 5) is 4.82. The molecule has 3 nitrogen and oxygen atoms in total. The fourth-order valence-electron chi connectivity index (χ4n) is 2.83. The number of pyridine rings is 1. The lowest BCUT2D eigenvalue weighted by atomic mass is 10.0. The van der Waals surface area contributed by atoms with E-state index in [1.54, 1.807) is 7.11 Å². The minimum atomic E-state index is 0.716. The van der Waals surface area contributed by atoms with Crippen molar-refractivity contribution >= 4 is 17.2 Å². The van der Waals surface area contributed by atoms with Gasteiger partial charge in [0.2, 0.25) is 0 Å². The molecule has 0 amide bonds. The molecule has 0 aliphatic carbocycles. The second kappa shape index (κ2) is 6.02. The van der Waals surface area contributed by atoms with Gasteiger partial charge in [0.25, 0.3) is 0 Å². The van der Waals surface area contributed by atoms with E-state index in [1.807, 2.05) is 60.8 Å². The maximum Gasteiger partial charge on any atom is 0.137 e. The van der Waals surface area contributed by atoms with Crippen molar-refractivity contribution in [2.24, 2.45) is 0 Å². The SMILES string of the molecule is COc1ccc(-c2c(-c3ccc(Cl)cc3)nc3ccccn23)cc1. The Hall–Kier alpha value is -2.78. The number of benzene rings is 2. The second-order valence-electron chi connectivity index (χ2n) is 5.47. The zero-order valence-electron chi connectivity index (χ0n) is 13.1. The number of fused-ring (bicyclic) bond motifs is 1. The van der Waals surface area contributed by atoms with Gasteiger partial charge in [0.05, 0.1) is 18.5 Å². The zero-order valence-corrected chi connectivity index (χ0v) is 13.9. The quantitative estimate of drug-likeness (QED) is 0.506. The molecular weight excluding hydrogens is 320 g/mol. The molecule has 2 aromatic carbocycles. The summed E-state index contributed by atoms with van der Waals surface area (Å²) in [6.45, 7) is 0. The third kappa shape index (κ3) is 2.53. The first-order valence-electron chi connectivity index (χ1n) is 7.64. The number of nitrogens with zero attached hydrogens (tertiary/aromatic N) is 2. The Bertz CT molecular complexity index is 989. The number of hydrogen-bond donors (Lipinski definition) is 0. The highest BCUT2D eigenvalue weighted by Crippen LogP contribution is 2.33. The number of rotatable bonds is 3. The first-order valence-corrected chi connectivity index (χ1v) is 8.01. The standard InChI is InChI=1S/C20H15ClN2O/c1-24-17-11-7-15(8-12-17)20-19(14-5-9-16(21)10-6-14)22-18-4-2-3-13-23(18)20/h2-13H,1H3. The van der Waals surface area contributed by atoms with E-state index in [2.05, 4.69) is 16.5 Å². The molecule has 24 heavy (non-hydrogen) atoms. The molecule has 0 spiro atoms. The number of halogens is 1. The first kappa shape index (κ1) is 14.8. The fraction of sp³-hybridized carbons (Fsp3) is 0.0500. The van der Waals surface area contributed by atoms with E-state index in [1.165, 1.54) is 0 Å². The number of hydrogen-bond acceptors (Lipinski definition) is 2. The molecule has 0 N–H and O–H groups in total. The zero-order chi connectivity index (χ0) is 16.5. The van der Waals surface area contributed by atoms with E-state index in [9.17, 15) is 0 Å². The van der Waals surface area contributed by atoms with E-state index in [0.29, 0.717) is 5.02 Å². The highest BCUT2D eigenvalue weighted by atomic mass is 35.5. The maximum atomic E-state index is 6.03. The lowest BCUT2D eigenvalue weighted by Crippen LogP contribution is -1.90. The summed E-state index contributed by atoms with van der Waals surface area (Å²) in [5.74, 6) is 0.834. The van der Waals surface area contributed by atoms with Crippen LogP contribution in [-0.2, 0) is 0 Å². The van der Waals surface area contributed by atoms with Crippen molar-refractivity contribution in [3.63, 3.8) is 0 Å². The molecule has 0 fully saturated rings. The van der Waals surface area contributed by atoms with Crippen molar-refractivity contribution in [1.29, 1.82) is 0 Å². The van der Waals surface area contributed by atoms with E-state index in [4.69, 9.17) is 21.3 Å². The summed E-state index contributed by atoms with van der Waals surface area (Å²) >= 11 is 6.03. The average molecular weight is 335 g/mol. The second-order valence-corrected chi connectivity index (χ2v) is 5.91. The van der Waals surface area contributed by atoms with Crippen LogP contribution in [0.15, 0.2) is 72.9 Å². The van der Waals surface area contributed by atoms with E-state index >= 15 is 0 Å². The van der Waals surface area contributed by atoms with E-state index in [0.717, 1.165) is 33.9 Å². The summed E-state index contributed by atoms with van der Waals surface area (Å²) < 4.78 is 7.37. The molecule has 0 atom stereocenters. The molecule has 0 radical (unpaired) electrons. The minimum absolute atomic E-state index is 0.716. The summed E-state index contributed by atoms with van der Waals surface area (Å²) in [6, 6.07) is 21.8. The molecule has 0 saturated carbocycles. The lowest BCUT2D eigenvalue weighted by Gasteiger charge is -2.07. The van der Waals surface area contributed by atoms with Crippen LogP contribution in [0, 0.1) is 0 Å². The summed E-state index contributed by atoms with van der Waals surface area (Å²) in [6.07, 6.45) is 2.03. The monoisotopic (exact) mass is 334 g/mol. The van der Waals surface area contributed by atoms with Gasteiger partial charge in [0, 0.05) is 22.3 Å². The summed E-state index contributed by atoms with van der Waals surface area (Å²) in [5.41, 5.74) is 5.01. The Morgan fingerprint density at radius 2 is 1.58 bits per heavy atom.